The van der Waals surface area contributed by atoms with Crippen LogP contribution in [0.15, 0.2) is 57.8 Å². The monoisotopic (exact) mass is 1510 g/mol. The number of carbonyl (C=O) groups excluding carboxylic acids is 13. The molecule has 0 saturated carbocycles. The summed E-state index contributed by atoms with van der Waals surface area (Å²) in [5, 5.41) is 66.4. The molecule has 44 nitrogen and oxygen atoms in total. The Hall–Kier alpha value is -11.8. The van der Waals surface area contributed by atoms with Crippen molar-refractivity contribution in [3.8, 4) is 0 Å². The van der Waals surface area contributed by atoms with Gasteiger partial charge in [0.25, 0.3) is 0 Å². The van der Waals surface area contributed by atoms with Crippen LogP contribution in [0, 0.1) is 11.8 Å². The number of nitrogens with two attached hydrogens (primary N) is 9. The average Bonchev–Trinajstić information content (AvgIpc) is 1.17. The van der Waals surface area contributed by atoms with Gasteiger partial charge in [-0.25, -0.2) is 9.78 Å². The number of aliphatic hydroxyl groups excluding tert-OH is 2. The largest absolute Gasteiger partial charge is 0.481 e. The van der Waals surface area contributed by atoms with Gasteiger partial charge < -0.3 is 135 Å². The van der Waals surface area contributed by atoms with Crippen LogP contribution in [0.2, 0.25) is 0 Å². The lowest BCUT2D eigenvalue weighted by atomic mass is 9.99. The van der Waals surface area contributed by atoms with Crippen molar-refractivity contribution in [2.75, 3.05) is 32.8 Å². The molecular weight excluding hydrogens is 1410 g/mol. The highest BCUT2D eigenvalue weighted by Crippen LogP contribution is 2.14. The second-order valence-electron chi connectivity index (χ2n) is 25.1. The third kappa shape index (κ3) is 35.0. The number of aliphatic carboxylic acids is 2. The molecule has 0 radical (unpaired) electrons. The molecule has 13 amide bonds. The average molecular weight is 1510 g/mol. The van der Waals surface area contributed by atoms with Crippen LogP contribution in [0.1, 0.15) is 110 Å². The van der Waals surface area contributed by atoms with Crippen molar-refractivity contribution in [3.63, 3.8) is 0 Å². The number of H-pyrrole nitrogens is 1. The van der Waals surface area contributed by atoms with E-state index in [9.17, 15) is 92.3 Å². The molecule has 34 N–H and O–H groups in total. The van der Waals surface area contributed by atoms with Crippen molar-refractivity contribution in [2.24, 2.45) is 78.4 Å². The fourth-order valence-electron chi connectivity index (χ4n) is 9.99. The predicted molar refractivity (Wildman–Crippen MR) is 382 cm³/mol. The summed E-state index contributed by atoms with van der Waals surface area (Å²) in [5.41, 5.74) is 50.1. The summed E-state index contributed by atoms with van der Waals surface area (Å²) in [6.07, 6.45) is -1.39. The number of primary amides is 2. The lowest BCUT2D eigenvalue weighted by Gasteiger charge is -2.29. The fourth-order valence-corrected chi connectivity index (χ4v) is 9.99. The van der Waals surface area contributed by atoms with E-state index in [-0.39, 0.29) is 88.2 Å². The maximum atomic E-state index is 14.8. The number of nitrogens with zero attached hydrogens (tertiary/aromatic N) is 4. The molecule has 0 spiro atoms. The van der Waals surface area contributed by atoms with Gasteiger partial charge in [0.05, 0.1) is 38.4 Å². The third-order valence-corrected chi connectivity index (χ3v) is 16.0. The second kappa shape index (κ2) is 47.5. The van der Waals surface area contributed by atoms with Gasteiger partial charge in [0.15, 0.2) is 17.9 Å². The first-order valence-electron chi connectivity index (χ1n) is 33.9. The van der Waals surface area contributed by atoms with E-state index >= 15 is 0 Å². The van der Waals surface area contributed by atoms with E-state index in [1.807, 2.05) is 0 Å². The van der Waals surface area contributed by atoms with Crippen molar-refractivity contribution in [2.45, 2.75) is 184 Å². The third-order valence-electron chi connectivity index (χ3n) is 16.0. The SMILES string of the molecule is CC[C@H](C)[C@H](NC(=O)[C@H](CO)NC(=O)[C@H](CC(N)=O)NC(=O)[C@H](CCCN=C(N)N)NC(=O)[C@H](CO)NC(=O)[C@H](Cc1cnc[nH]1)NC(=O)[C@H](Cc1ccccc1)NC(=O)[C@@H](NC(=O)[C@H](CCCN=C(N)N)NC(=O)[C@H](CC(=O)O)NC(=O)[C@H](CCC(N)=O)NC(=O)[C@@H](N)CCCN=C(N)N)C(C)C)C(=O)O. The Kier molecular flexibility index (Phi) is 40.5. The molecule has 2 rings (SSSR count). The van der Waals surface area contributed by atoms with Crippen LogP contribution in [0.4, 0.5) is 0 Å². The number of benzene rings is 1. The number of aromatic amines is 1. The molecule has 1 aromatic heterocycles. The number of rotatable bonds is 51. The Morgan fingerprint density at radius 1 is 0.449 bits per heavy atom. The number of carbonyl (C=O) groups is 15. The van der Waals surface area contributed by atoms with E-state index in [1.54, 1.807) is 37.3 Å². The molecule has 44 heteroatoms. The smallest absolute Gasteiger partial charge is 0.326 e. The van der Waals surface area contributed by atoms with Gasteiger partial charge in [0.1, 0.15) is 66.5 Å². The first-order valence-corrected chi connectivity index (χ1v) is 33.9. The minimum absolute atomic E-state index is 0.0188. The zero-order valence-electron chi connectivity index (χ0n) is 59.7. The molecular formula is C63H103N25O19. The van der Waals surface area contributed by atoms with Gasteiger partial charge in [-0.15, -0.1) is 0 Å². The van der Waals surface area contributed by atoms with Crippen molar-refractivity contribution in [1.82, 2.24) is 68.5 Å². The first-order chi connectivity index (χ1) is 50.4. The number of amides is 13. The minimum atomic E-state index is -1.98. The molecule has 1 aromatic carbocycles. The summed E-state index contributed by atoms with van der Waals surface area (Å²) in [4.78, 5) is 221. The highest BCUT2D eigenvalue weighted by molar-refractivity contribution is 6.01. The molecule has 0 aliphatic carbocycles. The Balaban J connectivity index is 2.59. The molecule has 0 aliphatic heterocycles. The summed E-state index contributed by atoms with van der Waals surface area (Å²) in [6.45, 7) is 3.75. The van der Waals surface area contributed by atoms with Crippen LogP contribution in [-0.2, 0) is 84.8 Å². The first kappa shape index (κ1) is 91.3. The van der Waals surface area contributed by atoms with Crippen molar-refractivity contribution >= 4 is 107 Å². The minimum Gasteiger partial charge on any atom is -0.481 e. The number of hydrogen-bond donors (Lipinski definition) is 25. The number of nitrogens with one attached hydrogen (secondary N) is 12. The van der Waals surface area contributed by atoms with Gasteiger partial charge in [0.2, 0.25) is 76.8 Å². The van der Waals surface area contributed by atoms with E-state index in [1.165, 1.54) is 33.3 Å². The van der Waals surface area contributed by atoms with E-state index in [2.05, 4.69) is 83.4 Å². The van der Waals surface area contributed by atoms with Crippen LogP contribution in [0.25, 0.3) is 0 Å². The van der Waals surface area contributed by atoms with Crippen LogP contribution in [0.5, 0.6) is 0 Å². The Labute approximate surface area is 614 Å². The van der Waals surface area contributed by atoms with Gasteiger partial charge in [-0.1, -0.05) is 64.4 Å². The molecule has 0 unspecified atom stereocenters. The van der Waals surface area contributed by atoms with Crippen molar-refractivity contribution in [3.05, 3.63) is 54.1 Å². The highest BCUT2D eigenvalue weighted by Gasteiger charge is 2.39. The van der Waals surface area contributed by atoms with Gasteiger partial charge in [-0.2, -0.15) is 0 Å². The summed E-state index contributed by atoms with van der Waals surface area (Å²) >= 11 is 0. The lowest BCUT2D eigenvalue weighted by Crippen LogP contribution is -2.62. The van der Waals surface area contributed by atoms with E-state index in [0.717, 1.165) is 0 Å². The molecule has 1 heterocycles. The van der Waals surface area contributed by atoms with Crippen LogP contribution < -0.4 is 110 Å². The van der Waals surface area contributed by atoms with Crippen LogP contribution in [0.3, 0.4) is 0 Å². The van der Waals surface area contributed by atoms with Crippen molar-refractivity contribution in [1.29, 1.82) is 0 Å². The topological polar surface area (TPSA) is 769 Å². The van der Waals surface area contributed by atoms with Gasteiger partial charge >= 0.3 is 11.9 Å². The number of imidazole rings is 1. The van der Waals surface area contributed by atoms with E-state index in [4.69, 9.17) is 51.6 Å². The normalized spacial score (nSPS) is 14.6. The van der Waals surface area contributed by atoms with Gasteiger partial charge in [-0.3, -0.25) is 82.1 Å². The maximum absolute atomic E-state index is 14.8. The quantitative estimate of drug-likeness (QED) is 0.0166. The van der Waals surface area contributed by atoms with Gasteiger partial charge in [-0.05, 0) is 62.3 Å². The molecule has 0 aliphatic rings. The standard InChI is InChI=1S/C63H103N25O19/c1-5-31(4)48(60(106)107)88-58(104)43(28-90)86-55(101)40(24-45(66)92)82-50(96)35(15-10-20-75-62(69)70)80-57(103)42(27-89)85-54(100)39(23-33-26-73-29-77-33)81-53(99)38(22-32-12-7-6-8-13-32)84-59(105)47(30(2)3)87-52(98)36(16-11-21-76-63(71)72)79-56(102)41(25-46(93)94)83-51(97)37(17-18-44(65)91)78-49(95)34(64)14-9-19-74-61(67)68/h6-8,12-13,26,29-31,34-43,47-48,89-90H,5,9-11,14-25,27-28,64H2,1-4H3,(H2,65,91)(H2,66,92)(H,73,77)(H,78,95)(H,79,102)(H,80,103)(H,81,99)(H,82,96)(H,83,97)(H,84,105)(H,85,100)(H,86,101)(H,87,98)(H,88,104)(H,93,94)(H,106,107)(H4,67,68,74)(H4,69,70,75)(H4,71,72,76)/t31-,34-,35-,36-,37-,38-,39-,40-,41-,42-,43-,47-,48-/m0/s1. The number of aromatic nitrogens is 2. The molecule has 107 heavy (non-hydrogen) atoms. The number of guanidine groups is 3. The van der Waals surface area contributed by atoms with E-state index in [0.29, 0.717) is 12.0 Å². The lowest BCUT2D eigenvalue weighted by molar-refractivity contribution is -0.144. The zero-order valence-corrected chi connectivity index (χ0v) is 59.7. The molecule has 0 saturated heterocycles. The van der Waals surface area contributed by atoms with E-state index < -0.39 is 218 Å². The summed E-state index contributed by atoms with van der Waals surface area (Å²) < 4.78 is 0. The molecule has 13 atom stereocenters. The molecule has 2 aromatic rings. The Morgan fingerprint density at radius 3 is 1.26 bits per heavy atom. The summed E-state index contributed by atoms with van der Waals surface area (Å²) in [7, 11) is 0. The number of carboxylic acid groups (broad SMARTS) is 2. The number of aliphatic hydroxyl groups is 2. The molecule has 0 bridgehead atoms. The van der Waals surface area contributed by atoms with Crippen LogP contribution >= 0.6 is 0 Å². The van der Waals surface area contributed by atoms with Crippen LogP contribution in [-0.4, -0.2) is 242 Å². The Morgan fingerprint density at radius 2 is 0.832 bits per heavy atom. The molecule has 0 fully saturated rings. The number of aliphatic imine (C=N–C) groups is 3. The highest BCUT2D eigenvalue weighted by atomic mass is 16.4. The Bertz CT molecular complexity index is 3420. The summed E-state index contributed by atoms with van der Waals surface area (Å²) in [6, 6.07) is -12.2. The fraction of sp³-hybridized carbons (Fsp3) is 0.571. The summed E-state index contributed by atoms with van der Waals surface area (Å²) in [5.74, 6) is -19.9. The number of carboxylic acids is 2. The zero-order chi connectivity index (χ0) is 80.6. The second-order valence-corrected chi connectivity index (χ2v) is 25.1. The van der Waals surface area contributed by atoms with Crippen molar-refractivity contribution < 1.29 is 92.3 Å². The maximum Gasteiger partial charge on any atom is 0.326 e. The molecule has 594 valence electrons. The number of hydrogen-bond acceptors (Lipinski definition) is 22. The van der Waals surface area contributed by atoms with Gasteiger partial charge in [0, 0.05) is 50.8 Å². The predicted octanol–water partition coefficient (Wildman–Crippen LogP) is -10.6.